The third kappa shape index (κ3) is 2.26. The van der Waals surface area contributed by atoms with E-state index < -0.39 is 15.3 Å². The molecule has 2 N–H and O–H groups in total. The van der Waals surface area contributed by atoms with E-state index in [9.17, 15) is 8.42 Å². The zero-order chi connectivity index (χ0) is 10.2. The van der Waals surface area contributed by atoms with Crippen LogP contribution in [0.25, 0.3) is 0 Å². The molecule has 13 heavy (non-hydrogen) atoms. The standard InChI is InChI=1S/C7H12N2O2S2/c1-4-5(2)12-7(9-4)6(3)13(8,10)11/h6H,1-3H3,(H2,8,10,11). The molecule has 0 saturated heterocycles. The molecule has 0 aliphatic rings. The second-order valence-corrected chi connectivity index (χ2v) is 6.04. The summed E-state index contributed by atoms with van der Waals surface area (Å²) in [4.78, 5) is 5.17. The second kappa shape index (κ2) is 3.36. The molecule has 0 bridgehead atoms. The lowest BCUT2D eigenvalue weighted by atomic mass is 10.4. The Labute approximate surface area is 81.9 Å². The summed E-state index contributed by atoms with van der Waals surface area (Å²) in [5.41, 5.74) is 0.871. The molecule has 1 heterocycles. The van der Waals surface area contributed by atoms with E-state index in [4.69, 9.17) is 5.14 Å². The number of sulfonamides is 1. The third-order valence-electron chi connectivity index (χ3n) is 1.89. The predicted octanol–water partition coefficient (Wildman–Crippen LogP) is 1.11. The van der Waals surface area contributed by atoms with Crippen molar-refractivity contribution in [2.24, 2.45) is 5.14 Å². The highest BCUT2D eigenvalue weighted by Gasteiger charge is 2.21. The van der Waals surface area contributed by atoms with Gasteiger partial charge in [-0.2, -0.15) is 0 Å². The average Bonchev–Trinajstić information content (AvgIpc) is 2.29. The van der Waals surface area contributed by atoms with Crippen LogP contribution in [0.15, 0.2) is 0 Å². The maximum absolute atomic E-state index is 11.0. The summed E-state index contributed by atoms with van der Waals surface area (Å²) in [5, 5.41) is 4.87. The quantitative estimate of drug-likeness (QED) is 0.811. The molecule has 0 spiro atoms. The molecule has 0 aliphatic heterocycles. The van der Waals surface area contributed by atoms with Crippen molar-refractivity contribution in [1.29, 1.82) is 0 Å². The predicted molar refractivity (Wildman–Crippen MR) is 53.1 cm³/mol. The topological polar surface area (TPSA) is 73.0 Å². The van der Waals surface area contributed by atoms with Crippen molar-refractivity contribution in [2.75, 3.05) is 0 Å². The van der Waals surface area contributed by atoms with E-state index in [2.05, 4.69) is 4.98 Å². The second-order valence-electron chi connectivity index (χ2n) is 2.92. The summed E-state index contributed by atoms with van der Waals surface area (Å²) < 4.78 is 22.0. The largest absolute Gasteiger partial charge is 0.245 e. The number of aromatic nitrogens is 1. The van der Waals surface area contributed by atoms with Crippen molar-refractivity contribution in [3.05, 3.63) is 15.6 Å². The summed E-state index contributed by atoms with van der Waals surface area (Å²) >= 11 is 1.38. The molecule has 0 aliphatic carbocycles. The van der Waals surface area contributed by atoms with Gasteiger partial charge in [-0.1, -0.05) is 0 Å². The van der Waals surface area contributed by atoms with E-state index in [1.54, 1.807) is 6.92 Å². The van der Waals surface area contributed by atoms with Crippen LogP contribution >= 0.6 is 11.3 Å². The van der Waals surface area contributed by atoms with Gasteiger partial charge in [0.2, 0.25) is 10.0 Å². The van der Waals surface area contributed by atoms with Gasteiger partial charge in [-0.25, -0.2) is 18.5 Å². The molecule has 6 heteroatoms. The number of hydrogen-bond acceptors (Lipinski definition) is 4. The zero-order valence-corrected chi connectivity index (χ0v) is 9.37. The van der Waals surface area contributed by atoms with Gasteiger partial charge in [0.05, 0.1) is 5.69 Å². The molecular formula is C7H12N2O2S2. The summed E-state index contributed by atoms with van der Waals surface area (Å²) in [6.45, 7) is 5.31. The van der Waals surface area contributed by atoms with E-state index >= 15 is 0 Å². The molecule has 1 atom stereocenters. The van der Waals surface area contributed by atoms with Crippen molar-refractivity contribution in [1.82, 2.24) is 4.98 Å². The van der Waals surface area contributed by atoms with Crippen LogP contribution < -0.4 is 5.14 Å². The number of hydrogen-bond donors (Lipinski definition) is 1. The van der Waals surface area contributed by atoms with Gasteiger partial charge in [0.15, 0.2) is 0 Å². The molecule has 0 radical (unpaired) electrons. The fraction of sp³-hybridized carbons (Fsp3) is 0.571. The van der Waals surface area contributed by atoms with E-state index in [0.717, 1.165) is 10.6 Å². The number of nitrogens with zero attached hydrogens (tertiary/aromatic N) is 1. The molecular weight excluding hydrogens is 208 g/mol. The maximum atomic E-state index is 11.0. The number of nitrogens with two attached hydrogens (primary N) is 1. The molecule has 1 unspecified atom stereocenters. The molecule has 74 valence electrons. The SMILES string of the molecule is Cc1nc(C(C)S(N)(=O)=O)sc1C. The minimum atomic E-state index is -3.51. The summed E-state index contributed by atoms with van der Waals surface area (Å²) in [7, 11) is -3.51. The normalized spacial score (nSPS) is 14.5. The maximum Gasteiger partial charge on any atom is 0.218 e. The molecule has 0 saturated carbocycles. The van der Waals surface area contributed by atoms with Crippen molar-refractivity contribution < 1.29 is 8.42 Å². The van der Waals surface area contributed by atoms with Gasteiger partial charge in [0.1, 0.15) is 10.3 Å². The first-order chi connectivity index (χ1) is 5.82. The molecule has 0 aromatic carbocycles. The molecule has 1 rings (SSSR count). The minimum Gasteiger partial charge on any atom is -0.245 e. The lowest BCUT2D eigenvalue weighted by Crippen LogP contribution is -2.19. The molecule has 0 amide bonds. The Morgan fingerprint density at radius 2 is 2.00 bits per heavy atom. The Balaban J connectivity index is 3.10. The Morgan fingerprint density at radius 3 is 2.31 bits per heavy atom. The van der Waals surface area contributed by atoms with Crippen LogP contribution in [0.4, 0.5) is 0 Å². The summed E-state index contributed by atoms with van der Waals surface area (Å²) in [6.07, 6.45) is 0. The molecule has 4 nitrogen and oxygen atoms in total. The number of thiazole rings is 1. The smallest absolute Gasteiger partial charge is 0.218 e. The van der Waals surface area contributed by atoms with Crippen molar-refractivity contribution in [3.63, 3.8) is 0 Å². The highest BCUT2D eigenvalue weighted by atomic mass is 32.2. The van der Waals surface area contributed by atoms with E-state index in [1.165, 1.54) is 11.3 Å². The van der Waals surface area contributed by atoms with Crippen LogP contribution in [0.5, 0.6) is 0 Å². The van der Waals surface area contributed by atoms with Crippen molar-refractivity contribution in [3.8, 4) is 0 Å². The van der Waals surface area contributed by atoms with Crippen LogP contribution in [-0.2, 0) is 10.0 Å². The Bertz CT molecular complexity index is 389. The Kier molecular flexibility index (Phi) is 2.74. The van der Waals surface area contributed by atoms with Crippen LogP contribution in [0.2, 0.25) is 0 Å². The lowest BCUT2D eigenvalue weighted by molar-refractivity contribution is 0.587. The fourth-order valence-electron chi connectivity index (χ4n) is 0.812. The first-order valence-electron chi connectivity index (χ1n) is 3.78. The molecule has 0 fully saturated rings. The van der Waals surface area contributed by atoms with Gasteiger partial charge in [0, 0.05) is 4.88 Å². The summed E-state index contributed by atoms with van der Waals surface area (Å²) in [5.74, 6) is 0. The van der Waals surface area contributed by atoms with Crippen LogP contribution in [0, 0.1) is 13.8 Å². The van der Waals surface area contributed by atoms with Gasteiger partial charge in [-0.15, -0.1) is 11.3 Å². The first kappa shape index (κ1) is 10.6. The van der Waals surface area contributed by atoms with Crippen LogP contribution in [0.1, 0.15) is 27.8 Å². The Hall–Kier alpha value is -0.460. The van der Waals surface area contributed by atoms with E-state index in [1.807, 2.05) is 13.8 Å². The minimum absolute atomic E-state index is 0.567. The zero-order valence-electron chi connectivity index (χ0n) is 7.73. The van der Waals surface area contributed by atoms with E-state index in [-0.39, 0.29) is 0 Å². The van der Waals surface area contributed by atoms with Gasteiger partial charge in [0.25, 0.3) is 0 Å². The number of aryl methyl sites for hydroxylation is 2. The summed E-state index contributed by atoms with van der Waals surface area (Å²) in [6, 6.07) is 0. The Morgan fingerprint density at radius 1 is 1.46 bits per heavy atom. The average molecular weight is 220 g/mol. The van der Waals surface area contributed by atoms with E-state index in [0.29, 0.717) is 5.01 Å². The number of rotatable bonds is 2. The third-order valence-corrected chi connectivity index (χ3v) is 4.50. The van der Waals surface area contributed by atoms with Gasteiger partial charge < -0.3 is 0 Å². The van der Waals surface area contributed by atoms with Gasteiger partial charge in [-0.3, -0.25) is 0 Å². The molecule has 1 aromatic rings. The van der Waals surface area contributed by atoms with Gasteiger partial charge in [-0.05, 0) is 20.8 Å². The van der Waals surface area contributed by atoms with Crippen LogP contribution in [0.3, 0.4) is 0 Å². The van der Waals surface area contributed by atoms with Crippen molar-refractivity contribution in [2.45, 2.75) is 26.0 Å². The number of primary sulfonamides is 1. The van der Waals surface area contributed by atoms with Gasteiger partial charge >= 0.3 is 0 Å². The lowest BCUT2D eigenvalue weighted by Gasteiger charge is -2.03. The van der Waals surface area contributed by atoms with Crippen molar-refractivity contribution >= 4 is 21.4 Å². The monoisotopic (exact) mass is 220 g/mol. The highest BCUT2D eigenvalue weighted by Crippen LogP contribution is 2.26. The first-order valence-corrected chi connectivity index (χ1v) is 6.20. The van der Waals surface area contributed by atoms with Crippen LogP contribution in [-0.4, -0.2) is 13.4 Å². The highest BCUT2D eigenvalue weighted by molar-refractivity contribution is 7.89. The fourth-order valence-corrected chi connectivity index (χ4v) is 2.55. The molecule has 1 aromatic heterocycles.